The predicted molar refractivity (Wildman–Crippen MR) is 108 cm³/mol. The van der Waals surface area contributed by atoms with Gasteiger partial charge in [-0.3, -0.25) is 9.58 Å². The van der Waals surface area contributed by atoms with Crippen LogP contribution in [0.25, 0.3) is 0 Å². The molecule has 0 atom stereocenters. The molecule has 0 bridgehead atoms. The van der Waals surface area contributed by atoms with Gasteiger partial charge >= 0.3 is 23.9 Å². The molecule has 13 heteroatoms. The minimum Gasteiger partial charge on any atom is -0.475 e. The van der Waals surface area contributed by atoms with Crippen LogP contribution in [0.3, 0.4) is 0 Å². The maximum Gasteiger partial charge on any atom is 0.414 e. The molecule has 13 nitrogen and oxygen atoms in total. The second kappa shape index (κ2) is 14.8. The third-order valence-corrected chi connectivity index (χ3v) is 4.66. The molecule has 1 aliphatic heterocycles. The van der Waals surface area contributed by atoms with Crippen molar-refractivity contribution in [2.45, 2.75) is 38.1 Å². The van der Waals surface area contributed by atoms with E-state index in [0.29, 0.717) is 12.6 Å². The molecule has 0 amide bonds. The van der Waals surface area contributed by atoms with Gasteiger partial charge in [0.1, 0.15) is 6.61 Å². The average molecular weight is 459 g/mol. The SMILES string of the molecule is O=C(O)C(=O)O.O=C(O)C(=O)O.c1cn(C2CCCCC2)nc1OCCN1CCOCC1. The summed E-state index contributed by atoms with van der Waals surface area (Å²) < 4.78 is 13.2. The lowest BCUT2D eigenvalue weighted by molar-refractivity contribution is -0.159. The third-order valence-electron chi connectivity index (χ3n) is 4.66. The average Bonchev–Trinajstić information content (AvgIpc) is 3.25. The number of nitrogens with zero attached hydrogens (tertiary/aromatic N) is 3. The van der Waals surface area contributed by atoms with Crippen molar-refractivity contribution in [2.24, 2.45) is 0 Å². The number of aromatic nitrogens is 2. The van der Waals surface area contributed by atoms with Crippen LogP contribution in [-0.4, -0.2) is 98.4 Å². The molecular weight excluding hydrogens is 430 g/mol. The summed E-state index contributed by atoms with van der Waals surface area (Å²) in [7, 11) is 0. The Balaban J connectivity index is 0.000000355. The highest BCUT2D eigenvalue weighted by Crippen LogP contribution is 2.28. The zero-order chi connectivity index (χ0) is 23.9. The van der Waals surface area contributed by atoms with Crippen molar-refractivity contribution in [3.05, 3.63) is 12.3 Å². The number of morpholine rings is 1. The Labute approximate surface area is 184 Å². The van der Waals surface area contributed by atoms with Crippen molar-refractivity contribution in [3.63, 3.8) is 0 Å². The molecule has 0 spiro atoms. The molecule has 1 aromatic heterocycles. The van der Waals surface area contributed by atoms with E-state index in [4.69, 9.17) is 49.1 Å². The monoisotopic (exact) mass is 459 g/mol. The van der Waals surface area contributed by atoms with E-state index < -0.39 is 23.9 Å². The van der Waals surface area contributed by atoms with E-state index in [1.165, 1.54) is 32.1 Å². The Bertz CT molecular complexity index is 691. The van der Waals surface area contributed by atoms with Crippen LogP contribution in [0.2, 0.25) is 0 Å². The molecule has 3 rings (SSSR count). The summed E-state index contributed by atoms with van der Waals surface area (Å²) >= 11 is 0. The zero-order valence-corrected chi connectivity index (χ0v) is 17.6. The number of rotatable bonds is 5. The highest BCUT2D eigenvalue weighted by atomic mass is 16.5. The van der Waals surface area contributed by atoms with E-state index in [1.807, 2.05) is 6.07 Å². The Kier molecular flexibility index (Phi) is 12.4. The van der Waals surface area contributed by atoms with Crippen molar-refractivity contribution in [2.75, 3.05) is 39.5 Å². The lowest BCUT2D eigenvalue weighted by Crippen LogP contribution is -2.38. The molecule has 4 N–H and O–H groups in total. The first-order valence-corrected chi connectivity index (χ1v) is 10.1. The van der Waals surface area contributed by atoms with E-state index >= 15 is 0 Å². The first-order chi connectivity index (χ1) is 15.2. The summed E-state index contributed by atoms with van der Waals surface area (Å²) in [5.41, 5.74) is 0. The van der Waals surface area contributed by atoms with Crippen LogP contribution >= 0.6 is 0 Å². The predicted octanol–water partition coefficient (Wildman–Crippen LogP) is 0.410. The second-order valence-electron chi connectivity index (χ2n) is 6.95. The maximum absolute atomic E-state index is 9.10. The lowest BCUT2D eigenvalue weighted by Gasteiger charge is -2.26. The summed E-state index contributed by atoms with van der Waals surface area (Å²) in [5, 5.41) is 34.1. The van der Waals surface area contributed by atoms with E-state index in [9.17, 15) is 0 Å². The molecule has 1 saturated carbocycles. The molecular formula is C19H29N3O10. The number of hydrogen-bond acceptors (Lipinski definition) is 8. The van der Waals surface area contributed by atoms with Crippen LogP contribution in [0.4, 0.5) is 0 Å². The molecule has 0 aromatic carbocycles. The second-order valence-corrected chi connectivity index (χ2v) is 6.95. The molecule has 32 heavy (non-hydrogen) atoms. The normalized spacial score (nSPS) is 16.5. The highest BCUT2D eigenvalue weighted by molar-refractivity contribution is 6.27. The lowest BCUT2D eigenvalue weighted by atomic mass is 9.96. The van der Waals surface area contributed by atoms with Gasteiger partial charge in [-0.2, -0.15) is 0 Å². The van der Waals surface area contributed by atoms with Gasteiger partial charge in [0.05, 0.1) is 19.3 Å². The Morgan fingerprint density at radius 3 is 1.97 bits per heavy atom. The van der Waals surface area contributed by atoms with Gasteiger partial charge in [-0.15, -0.1) is 5.10 Å². The molecule has 0 radical (unpaired) electrons. The van der Waals surface area contributed by atoms with E-state index in [0.717, 1.165) is 38.7 Å². The van der Waals surface area contributed by atoms with Gasteiger partial charge in [-0.05, 0) is 12.8 Å². The minimum absolute atomic E-state index is 0.584. The van der Waals surface area contributed by atoms with E-state index in [-0.39, 0.29) is 0 Å². The molecule has 1 saturated heterocycles. The van der Waals surface area contributed by atoms with Gasteiger partial charge in [0, 0.05) is 31.9 Å². The fourth-order valence-corrected chi connectivity index (χ4v) is 3.05. The van der Waals surface area contributed by atoms with Gasteiger partial charge in [-0.25, -0.2) is 19.2 Å². The summed E-state index contributed by atoms with van der Waals surface area (Å²) in [6.45, 7) is 5.38. The third kappa shape index (κ3) is 11.3. The molecule has 180 valence electrons. The Morgan fingerprint density at radius 2 is 1.47 bits per heavy atom. The maximum atomic E-state index is 9.10. The number of carbonyl (C=O) groups is 4. The number of carboxylic acid groups (broad SMARTS) is 4. The zero-order valence-electron chi connectivity index (χ0n) is 17.6. The first kappa shape index (κ1) is 26.8. The van der Waals surface area contributed by atoms with Crippen LogP contribution in [0.5, 0.6) is 5.88 Å². The fraction of sp³-hybridized carbons (Fsp3) is 0.632. The van der Waals surface area contributed by atoms with Crippen LogP contribution in [0, 0.1) is 0 Å². The van der Waals surface area contributed by atoms with Gasteiger partial charge in [-0.1, -0.05) is 19.3 Å². The number of hydrogen-bond donors (Lipinski definition) is 4. The fourth-order valence-electron chi connectivity index (χ4n) is 3.05. The highest BCUT2D eigenvalue weighted by Gasteiger charge is 2.16. The van der Waals surface area contributed by atoms with Crippen LogP contribution in [0.1, 0.15) is 38.1 Å². The quantitative estimate of drug-likeness (QED) is 0.444. The van der Waals surface area contributed by atoms with Crippen LogP contribution in [0.15, 0.2) is 12.3 Å². The van der Waals surface area contributed by atoms with Crippen molar-refractivity contribution >= 4 is 23.9 Å². The summed E-state index contributed by atoms with van der Waals surface area (Å²) in [6.07, 6.45) is 8.63. The first-order valence-electron chi connectivity index (χ1n) is 10.1. The van der Waals surface area contributed by atoms with Crippen LogP contribution < -0.4 is 4.74 Å². The largest absolute Gasteiger partial charge is 0.475 e. The van der Waals surface area contributed by atoms with Gasteiger partial charge in [0.15, 0.2) is 0 Å². The minimum atomic E-state index is -1.82. The van der Waals surface area contributed by atoms with Gasteiger partial charge in [0.2, 0.25) is 5.88 Å². The molecule has 2 aliphatic rings. The van der Waals surface area contributed by atoms with E-state index in [2.05, 4.69) is 20.9 Å². The van der Waals surface area contributed by atoms with Crippen molar-refractivity contribution in [3.8, 4) is 5.88 Å². The summed E-state index contributed by atoms with van der Waals surface area (Å²) in [4.78, 5) is 38.8. The van der Waals surface area contributed by atoms with Crippen molar-refractivity contribution in [1.82, 2.24) is 14.7 Å². The van der Waals surface area contributed by atoms with E-state index in [1.54, 1.807) is 0 Å². The van der Waals surface area contributed by atoms with Gasteiger partial charge < -0.3 is 29.9 Å². The standard InChI is InChI=1S/C15H25N3O2.2C2H2O4/c1-2-4-14(5-3-1)18-7-6-15(16-18)20-13-10-17-8-11-19-12-9-17;2*3-1(4)2(5)6/h6-7,14H,1-5,8-13H2;2*(H,3,4)(H,5,6). The number of aliphatic carboxylic acids is 4. The number of ether oxygens (including phenoxy) is 2. The van der Waals surface area contributed by atoms with Crippen molar-refractivity contribution in [1.29, 1.82) is 0 Å². The summed E-state index contributed by atoms with van der Waals surface area (Å²) in [6, 6.07) is 2.58. The summed E-state index contributed by atoms with van der Waals surface area (Å²) in [5.74, 6) is -6.53. The van der Waals surface area contributed by atoms with Gasteiger partial charge in [0.25, 0.3) is 0 Å². The van der Waals surface area contributed by atoms with Crippen molar-refractivity contribution < 1.29 is 49.1 Å². The number of carboxylic acids is 4. The Hall–Kier alpha value is -3.19. The van der Waals surface area contributed by atoms with Crippen LogP contribution in [-0.2, 0) is 23.9 Å². The molecule has 0 unspecified atom stereocenters. The molecule has 1 aromatic rings. The Morgan fingerprint density at radius 1 is 0.938 bits per heavy atom. The molecule has 2 fully saturated rings. The molecule has 1 aliphatic carbocycles. The smallest absolute Gasteiger partial charge is 0.414 e. The molecule has 2 heterocycles. The topological polar surface area (TPSA) is 189 Å².